The van der Waals surface area contributed by atoms with Crippen LogP contribution >= 0.6 is 11.3 Å². The Labute approximate surface area is 453 Å². The van der Waals surface area contributed by atoms with Gasteiger partial charge in [-0.25, -0.2) is 18.1 Å². The van der Waals surface area contributed by atoms with Gasteiger partial charge in [-0.3, -0.25) is 19.2 Å². The second kappa shape index (κ2) is 21.9. The number of nitrogens with one attached hydrogen (secondary N) is 2. The van der Waals surface area contributed by atoms with E-state index in [0.717, 1.165) is 32.8 Å². The monoisotopic (exact) mass is 1090 g/mol. The first-order valence-corrected chi connectivity index (χ1v) is 28.4. The number of aryl methyl sites for hydroxylation is 3. The molecular weight excluding hydrogens is 1020 g/mol. The summed E-state index contributed by atoms with van der Waals surface area (Å²) in [4.78, 5) is 61.8. The van der Waals surface area contributed by atoms with Crippen LogP contribution in [0.4, 0.5) is 0 Å². The maximum Gasteiger partial charge on any atom is 0.304 e. The van der Waals surface area contributed by atoms with Crippen molar-refractivity contribution < 1.29 is 47.3 Å². The molecule has 2 aliphatic heterocycles. The number of amides is 3. The second-order valence-corrected chi connectivity index (χ2v) is 24.9. The summed E-state index contributed by atoms with van der Waals surface area (Å²) in [5, 5.41) is 35.4. The molecule has 8 atom stereocenters. The van der Waals surface area contributed by atoms with E-state index >= 15 is 0 Å². The van der Waals surface area contributed by atoms with Gasteiger partial charge < -0.3 is 35.2 Å². The number of fused-ring (bicyclic) bond motifs is 2. The normalized spacial score (nSPS) is 21.6. The fraction of sp³-hybridized carbons (Fsp3) is 0.456. The molecule has 77 heavy (non-hydrogen) atoms. The first-order valence-electron chi connectivity index (χ1n) is 26.1. The number of aliphatic carboxylic acids is 1. The smallest absolute Gasteiger partial charge is 0.304 e. The average Bonchev–Trinajstić information content (AvgIpc) is 4.23. The summed E-state index contributed by atoms with van der Waals surface area (Å²) in [6.45, 7) is 13.1. The molecule has 4 aromatic carbocycles. The van der Waals surface area contributed by atoms with Gasteiger partial charge in [-0.05, 0) is 121 Å². The summed E-state index contributed by atoms with van der Waals surface area (Å²) in [6, 6.07) is 20.0. The number of methoxy groups -OCH3 is 1. The van der Waals surface area contributed by atoms with Gasteiger partial charge >= 0.3 is 5.97 Å². The number of likely N-dealkylation sites (tertiary alicyclic amines) is 1. The predicted octanol–water partition coefficient (Wildman–Crippen LogP) is 7.55. The molecule has 6 aromatic rings. The number of carbonyl (C=O) groups excluding carboxylic acids is 3. The number of ether oxygens (including phenoxy) is 2. The highest BCUT2D eigenvalue weighted by Gasteiger charge is 2.46. The number of carboxylic acids is 1. The molecule has 1 saturated heterocycles. The fourth-order valence-electron chi connectivity index (χ4n) is 11.2. The number of carbonyl (C=O) groups is 4. The Morgan fingerprint density at radius 1 is 0.922 bits per heavy atom. The molecule has 18 nitrogen and oxygen atoms in total. The van der Waals surface area contributed by atoms with Gasteiger partial charge in [0, 0.05) is 38.4 Å². The lowest BCUT2D eigenvalue weighted by molar-refractivity contribution is -0.144. The first-order chi connectivity index (χ1) is 36.5. The number of hydrogen-bond donors (Lipinski definition) is 4. The summed E-state index contributed by atoms with van der Waals surface area (Å²) >= 11 is 1.56. The van der Waals surface area contributed by atoms with Crippen molar-refractivity contribution in [2.75, 3.05) is 20.2 Å². The van der Waals surface area contributed by atoms with Crippen LogP contribution in [-0.4, -0.2) is 116 Å². The number of carboxylic acid groups (broad SMARTS) is 1. The Hall–Kier alpha value is -6.74. The van der Waals surface area contributed by atoms with Gasteiger partial charge in [-0.2, -0.15) is 4.31 Å². The molecule has 4 N–H and O–H groups in total. The maximum absolute atomic E-state index is 14.6. The number of β-amino-alcohol motifs (C(OH)–C–C–N with tert-alkyl or cyclic N) is 1. The Bertz CT molecular complexity index is 3330. The molecule has 0 radical (unpaired) electrons. The lowest BCUT2D eigenvalue weighted by Gasteiger charge is -2.36. The highest BCUT2D eigenvalue weighted by molar-refractivity contribution is 7.89. The molecule has 0 spiro atoms. The standard InChI is InChI=1S/C57H68N8O10S2/c1-31-10-11-39(44(26-50(67)68)41-22-45-51(48(24-41)74-9)63(8)62-61-45)21-42(31)28-64-27-32(2)75-47-23-38(18-19-49(47)77(64,72)73)37-16-17-40(20-37)54(69)60-53(57(5,6)7)56(71)65-29-43(66)25-46(65)55(70)59-33(3)35-12-14-36(15-13-35)52-34(4)58-30-76-52/h10-15,18-19,21-24,30,32-33,37,40,43-44,46,53,66H,16-17,20,25-29H2,1-9H3,(H,59,70)(H,60,69)(H,67,68)/t32-,33-,37?,40?,43+,44+,46-,53+/m1/s1. The zero-order chi connectivity index (χ0) is 55.2. The van der Waals surface area contributed by atoms with Crippen LogP contribution in [-0.2, 0) is 42.8 Å². The van der Waals surface area contributed by atoms with Crippen LogP contribution < -0.4 is 20.1 Å². The Balaban J connectivity index is 0.867. The SMILES string of the molecule is COc1cc([C@@H](CC(=O)O)c2ccc(C)c(CN3C[C@@H](C)Oc4cc(C5CCC(C(=O)N[C@@H](C(=O)N6C[C@@H](O)C[C@@H]6C(=O)N[C@H](C)c6ccc(-c7scnc7C)cc6)C(C)(C)C)C5)ccc4S3(=O)=O)c2)cc2nnn(C)c12. The molecule has 1 aliphatic carbocycles. The number of hydrogen-bond acceptors (Lipinski definition) is 13. The van der Waals surface area contributed by atoms with Crippen LogP contribution in [0, 0.1) is 25.2 Å². The van der Waals surface area contributed by atoms with E-state index in [4.69, 9.17) is 9.47 Å². The topological polar surface area (TPSA) is 235 Å². The molecule has 4 heterocycles. The number of nitrogens with zero attached hydrogens (tertiary/aromatic N) is 6. The van der Waals surface area contributed by atoms with Crippen molar-refractivity contribution in [1.29, 1.82) is 0 Å². The zero-order valence-electron chi connectivity index (χ0n) is 44.9. The van der Waals surface area contributed by atoms with Crippen molar-refractivity contribution in [1.82, 2.24) is 39.8 Å². The molecule has 9 rings (SSSR count). The van der Waals surface area contributed by atoms with Gasteiger partial charge in [-0.1, -0.05) is 74.5 Å². The van der Waals surface area contributed by atoms with Crippen molar-refractivity contribution in [2.24, 2.45) is 18.4 Å². The molecule has 3 aliphatic rings. The van der Waals surface area contributed by atoms with E-state index in [1.807, 2.05) is 103 Å². The van der Waals surface area contributed by atoms with E-state index in [1.165, 1.54) is 16.3 Å². The minimum absolute atomic E-state index is 0.0101. The minimum atomic E-state index is -4.11. The van der Waals surface area contributed by atoms with Crippen LogP contribution in [0.1, 0.15) is 124 Å². The summed E-state index contributed by atoms with van der Waals surface area (Å²) in [7, 11) is -0.830. The van der Waals surface area contributed by atoms with Crippen LogP contribution in [0.25, 0.3) is 21.5 Å². The fourth-order valence-corrected chi connectivity index (χ4v) is 13.6. The third kappa shape index (κ3) is 11.5. The first kappa shape index (κ1) is 55.0. The van der Waals surface area contributed by atoms with E-state index in [9.17, 15) is 37.8 Å². The predicted molar refractivity (Wildman–Crippen MR) is 291 cm³/mol. The van der Waals surface area contributed by atoms with E-state index in [2.05, 4.69) is 25.9 Å². The molecule has 2 fully saturated rings. The van der Waals surface area contributed by atoms with E-state index in [1.54, 1.807) is 47.3 Å². The third-order valence-corrected chi connectivity index (χ3v) is 18.3. The van der Waals surface area contributed by atoms with Crippen LogP contribution in [0.3, 0.4) is 0 Å². The largest absolute Gasteiger partial charge is 0.494 e. The van der Waals surface area contributed by atoms with Crippen molar-refractivity contribution in [3.05, 3.63) is 117 Å². The molecule has 2 unspecified atom stereocenters. The van der Waals surface area contributed by atoms with Gasteiger partial charge in [0.2, 0.25) is 27.7 Å². The lowest BCUT2D eigenvalue weighted by Crippen LogP contribution is -2.58. The number of rotatable bonds is 15. The second-order valence-electron chi connectivity index (χ2n) is 22.1. The van der Waals surface area contributed by atoms with Gasteiger partial charge in [0.1, 0.15) is 45.6 Å². The van der Waals surface area contributed by atoms with Crippen LogP contribution in [0.15, 0.2) is 83.2 Å². The molecule has 408 valence electrons. The molecule has 1 saturated carbocycles. The number of aromatic nitrogens is 4. The zero-order valence-corrected chi connectivity index (χ0v) is 46.6. The summed E-state index contributed by atoms with van der Waals surface area (Å²) in [5.74, 6) is -2.55. The van der Waals surface area contributed by atoms with E-state index in [0.29, 0.717) is 52.7 Å². The Morgan fingerprint density at radius 3 is 2.35 bits per heavy atom. The number of thiazole rings is 1. The number of sulfonamides is 1. The van der Waals surface area contributed by atoms with Crippen molar-refractivity contribution in [3.8, 4) is 21.9 Å². The quantitative estimate of drug-likeness (QED) is 0.0779. The van der Waals surface area contributed by atoms with E-state index < -0.39 is 63.4 Å². The van der Waals surface area contributed by atoms with Gasteiger partial charge in [0.05, 0.1) is 48.3 Å². The molecule has 2 aromatic heterocycles. The highest BCUT2D eigenvalue weighted by Crippen LogP contribution is 2.43. The summed E-state index contributed by atoms with van der Waals surface area (Å²) in [5.41, 5.74) is 8.89. The summed E-state index contributed by atoms with van der Waals surface area (Å²) in [6.07, 6.45) is 0.0142. The Kier molecular flexibility index (Phi) is 15.7. The third-order valence-electron chi connectivity index (χ3n) is 15.5. The van der Waals surface area contributed by atoms with Crippen LogP contribution in [0.5, 0.6) is 11.5 Å². The van der Waals surface area contributed by atoms with Crippen LogP contribution in [0.2, 0.25) is 0 Å². The number of aliphatic hydroxyl groups is 1. The van der Waals surface area contributed by atoms with Gasteiger partial charge in [0.15, 0.2) is 0 Å². The molecule has 20 heteroatoms. The average molecular weight is 1090 g/mol. The molecular formula is C57H68N8O10S2. The molecule has 3 amide bonds. The van der Waals surface area contributed by atoms with Gasteiger partial charge in [0.25, 0.3) is 0 Å². The number of aliphatic hydroxyl groups excluding tert-OH is 1. The minimum Gasteiger partial charge on any atom is -0.494 e. The number of benzene rings is 4. The van der Waals surface area contributed by atoms with Crippen molar-refractivity contribution in [3.63, 3.8) is 0 Å². The van der Waals surface area contributed by atoms with Crippen molar-refractivity contribution in [2.45, 2.75) is 134 Å². The maximum atomic E-state index is 14.6. The Morgan fingerprint density at radius 2 is 1.66 bits per heavy atom. The van der Waals surface area contributed by atoms with E-state index in [-0.39, 0.29) is 66.9 Å². The van der Waals surface area contributed by atoms with Crippen molar-refractivity contribution >= 4 is 56.1 Å². The molecule has 0 bridgehead atoms. The lowest BCUT2D eigenvalue weighted by atomic mass is 9.85. The highest BCUT2D eigenvalue weighted by atomic mass is 32.2. The summed E-state index contributed by atoms with van der Waals surface area (Å²) < 4.78 is 44.3. The van der Waals surface area contributed by atoms with Gasteiger partial charge in [-0.15, -0.1) is 16.4 Å².